The van der Waals surface area contributed by atoms with E-state index in [2.05, 4.69) is 22.8 Å². The molecule has 2 aromatic rings. The van der Waals surface area contributed by atoms with Gasteiger partial charge in [0.15, 0.2) is 0 Å². The van der Waals surface area contributed by atoms with Crippen LogP contribution in [-0.2, 0) is 19.1 Å². The summed E-state index contributed by atoms with van der Waals surface area (Å²) in [4.78, 5) is 36.3. The predicted octanol–water partition coefficient (Wildman–Crippen LogP) is 3.86. The van der Waals surface area contributed by atoms with Crippen molar-refractivity contribution in [3.63, 3.8) is 0 Å². The maximum atomic E-state index is 12.7. The van der Waals surface area contributed by atoms with Gasteiger partial charge >= 0.3 is 12.1 Å². The van der Waals surface area contributed by atoms with Crippen LogP contribution in [0, 0.1) is 0 Å². The zero-order valence-electron chi connectivity index (χ0n) is 20.5. The lowest BCUT2D eigenvalue weighted by atomic mass is 9.98. The van der Waals surface area contributed by atoms with E-state index in [4.69, 9.17) is 14.6 Å². The van der Waals surface area contributed by atoms with E-state index in [1.807, 2.05) is 57.2 Å². The van der Waals surface area contributed by atoms with E-state index in [0.29, 0.717) is 0 Å². The molecule has 1 aliphatic carbocycles. The van der Waals surface area contributed by atoms with Crippen LogP contribution in [-0.4, -0.2) is 54.5 Å². The molecule has 0 radical (unpaired) electrons. The van der Waals surface area contributed by atoms with Crippen LogP contribution in [0.5, 0.6) is 0 Å². The molecular weight excluding hydrogens is 448 g/mol. The summed E-state index contributed by atoms with van der Waals surface area (Å²) in [6.45, 7) is 7.02. The summed E-state index contributed by atoms with van der Waals surface area (Å²) in [6.07, 6.45) is 0.650. The van der Waals surface area contributed by atoms with Gasteiger partial charge in [-0.1, -0.05) is 54.6 Å². The lowest BCUT2D eigenvalue weighted by Gasteiger charge is -2.24. The minimum absolute atomic E-state index is 0.00928. The van der Waals surface area contributed by atoms with Crippen LogP contribution in [0.25, 0.3) is 11.1 Å². The zero-order chi connectivity index (χ0) is 25.6. The number of ether oxygens (including phenoxy) is 2. The third kappa shape index (κ3) is 6.93. The van der Waals surface area contributed by atoms with Crippen LogP contribution in [0.1, 0.15) is 44.7 Å². The standard InChI is InChI=1S/C27H32N2O6/c1-17(25(31)32)13-14-28-24(30)23(16-35-27(2,3)4)29-26(33)34-15-22-20-11-7-5-9-18(20)19-10-6-8-12-21(19)22/h5-13,22-23H,14-16H2,1-4H3,(H,28,30)(H,29,33)(H,31,32)/b17-13+/t23-/m0/s1. The van der Waals surface area contributed by atoms with E-state index in [1.165, 1.54) is 13.0 Å². The van der Waals surface area contributed by atoms with E-state index >= 15 is 0 Å². The van der Waals surface area contributed by atoms with E-state index in [1.54, 1.807) is 0 Å². The van der Waals surface area contributed by atoms with Crippen molar-refractivity contribution in [1.29, 1.82) is 0 Å². The number of hydrogen-bond acceptors (Lipinski definition) is 5. The number of carbonyl (C=O) groups is 3. The number of benzene rings is 2. The smallest absolute Gasteiger partial charge is 0.407 e. The minimum atomic E-state index is -1.07. The summed E-state index contributed by atoms with van der Waals surface area (Å²) in [5.74, 6) is -1.67. The molecule has 2 amide bonds. The quantitative estimate of drug-likeness (QED) is 0.470. The summed E-state index contributed by atoms with van der Waals surface area (Å²) >= 11 is 0. The summed E-state index contributed by atoms with van der Waals surface area (Å²) in [7, 11) is 0. The third-order valence-electron chi connectivity index (χ3n) is 5.66. The van der Waals surface area contributed by atoms with Gasteiger partial charge in [-0.15, -0.1) is 0 Å². The Bertz CT molecular complexity index is 1070. The molecule has 8 heteroatoms. The molecule has 0 aromatic heterocycles. The molecule has 0 fully saturated rings. The highest BCUT2D eigenvalue weighted by molar-refractivity contribution is 5.87. The summed E-state index contributed by atoms with van der Waals surface area (Å²) in [5.41, 5.74) is 4.01. The van der Waals surface area contributed by atoms with Crippen molar-refractivity contribution in [2.75, 3.05) is 19.8 Å². The van der Waals surface area contributed by atoms with Crippen molar-refractivity contribution in [2.45, 2.75) is 45.3 Å². The molecule has 0 aliphatic heterocycles. The van der Waals surface area contributed by atoms with Crippen LogP contribution in [0.3, 0.4) is 0 Å². The molecule has 0 spiro atoms. The predicted molar refractivity (Wildman–Crippen MR) is 132 cm³/mol. The summed E-state index contributed by atoms with van der Waals surface area (Å²) in [6, 6.07) is 15.0. The zero-order valence-corrected chi connectivity index (χ0v) is 20.5. The molecule has 3 N–H and O–H groups in total. The monoisotopic (exact) mass is 480 g/mol. The highest BCUT2D eigenvalue weighted by Gasteiger charge is 2.30. The number of carboxylic acids is 1. The Labute approximate surface area is 205 Å². The third-order valence-corrected chi connectivity index (χ3v) is 5.66. The largest absolute Gasteiger partial charge is 0.478 e. The number of carboxylic acid groups (broad SMARTS) is 1. The molecule has 8 nitrogen and oxygen atoms in total. The molecule has 1 aliphatic rings. The van der Waals surface area contributed by atoms with Gasteiger partial charge in [-0.2, -0.15) is 0 Å². The molecule has 35 heavy (non-hydrogen) atoms. The molecule has 0 bridgehead atoms. The number of alkyl carbamates (subject to hydrolysis) is 1. The lowest BCUT2D eigenvalue weighted by molar-refractivity contribution is -0.132. The number of aliphatic carboxylic acids is 1. The second-order valence-corrected chi connectivity index (χ2v) is 9.38. The number of rotatable bonds is 9. The number of hydrogen-bond donors (Lipinski definition) is 3. The van der Waals surface area contributed by atoms with Gasteiger partial charge in [-0.3, -0.25) is 4.79 Å². The first kappa shape index (κ1) is 26.0. The average molecular weight is 481 g/mol. The first-order valence-electron chi connectivity index (χ1n) is 11.5. The summed E-state index contributed by atoms with van der Waals surface area (Å²) < 4.78 is 11.3. The second kappa shape index (κ2) is 11.2. The van der Waals surface area contributed by atoms with Crippen molar-refractivity contribution >= 4 is 18.0 Å². The van der Waals surface area contributed by atoms with Gasteiger partial charge in [0, 0.05) is 18.0 Å². The van der Waals surface area contributed by atoms with Gasteiger partial charge in [-0.25, -0.2) is 9.59 Å². The fourth-order valence-electron chi connectivity index (χ4n) is 3.81. The Balaban J connectivity index is 1.64. The topological polar surface area (TPSA) is 114 Å². The maximum absolute atomic E-state index is 12.7. The Kier molecular flexibility index (Phi) is 8.30. The van der Waals surface area contributed by atoms with Crippen molar-refractivity contribution in [3.05, 3.63) is 71.3 Å². The number of fused-ring (bicyclic) bond motifs is 3. The second-order valence-electron chi connectivity index (χ2n) is 9.38. The number of nitrogens with one attached hydrogen (secondary N) is 2. The van der Waals surface area contributed by atoms with Gasteiger partial charge in [0.05, 0.1) is 12.2 Å². The van der Waals surface area contributed by atoms with Gasteiger partial charge in [0.25, 0.3) is 0 Å². The highest BCUT2D eigenvalue weighted by Crippen LogP contribution is 2.44. The Hall–Kier alpha value is -3.65. The van der Waals surface area contributed by atoms with Gasteiger partial charge in [-0.05, 0) is 49.9 Å². The van der Waals surface area contributed by atoms with Gasteiger partial charge in [0.1, 0.15) is 12.6 Å². The molecule has 1 atom stereocenters. The molecule has 0 heterocycles. The normalized spacial score (nSPS) is 14.0. The minimum Gasteiger partial charge on any atom is -0.478 e. The van der Waals surface area contributed by atoms with Crippen LogP contribution in [0.2, 0.25) is 0 Å². The molecule has 0 saturated carbocycles. The van der Waals surface area contributed by atoms with E-state index in [9.17, 15) is 14.4 Å². The fraction of sp³-hybridized carbons (Fsp3) is 0.370. The van der Waals surface area contributed by atoms with Crippen molar-refractivity contribution in [2.24, 2.45) is 0 Å². The molecule has 0 unspecified atom stereocenters. The highest BCUT2D eigenvalue weighted by atomic mass is 16.5. The Morgan fingerprint density at radius 2 is 1.60 bits per heavy atom. The molecule has 3 rings (SSSR count). The molecule has 186 valence electrons. The van der Waals surface area contributed by atoms with Crippen LogP contribution in [0.4, 0.5) is 4.79 Å². The van der Waals surface area contributed by atoms with Crippen LogP contribution in [0.15, 0.2) is 60.2 Å². The lowest BCUT2D eigenvalue weighted by Crippen LogP contribution is -2.50. The molecule has 2 aromatic carbocycles. The first-order chi connectivity index (χ1) is 16.6. The first-order valence-corrected chi connectivity index (χ1v) is 11.5. The van der Waals surface area contributed by atoms with E-state index < -0.39 is 29.6 Å². The van der Waals surface area contributed by atoms with Crippen LogP contribution < -0.4 is 10.6 Å². The van der Waals surface area contributed by atoms with Crippen molar-refractivity contribution in [1.82, 2.24) is 10.6 Å². The molecule has 0 saturated heterocycles. The van der Waals surface area contributed by atoms with Crippen LogP contribution >= 0.6 is 0 Å². The number of amides is 2. The van der Waals surface area contributed by atoms with E-state index in [0.717, 1.165) is 22.3 Å². The SMILES string of the molecule is C/C(=C\CNC(=O)[C@H](COC(C)(C)C)NC(=O)OCC1c2ccccc2-c2ccccc21)C(=O)O. The van der Waals surface area contributed by atoms with E-state index in [-0.39, 0.29) is 31.2 Å². The van der Waals surface area contributed by atoms with Gasteiger partial charge < -0.3 is 25.2 Å². The maximum Gasteiger partial charge on any atom is 0.407 e. The average Bonchev–Trinajstić information content (AvgIpc) is 3.13. The van der Waals surface area contributed by atoms with Crippen molar-refractivity contribution in [3.8, 4) is 11.1 Å². The number of carbonyl (C=O) groups excluding carboxylic acids is 2. The fourth-order valence-corrected chi connectivity index (χ4v) is 3.81. The Morgan fingerprint density at radius 1 is 1.03 bits per heavy atom. The Morgan fingerprint density at radius 3 is 2.14 bits per heavy atom. The van der Waals surface area contributed by atoms with Crippen molar-refractivity contribution < 1.29 is 29.0 Å². The molecular formula is C27H32N2O6. The summed E-state index contributed by atoms with van der Waals surface area (Å²) in [5, 5.41) is 14.1. The van der Waals surface area contributed by atoms with Gasteiger partial charge in [0.2, 0.25) is 5.91 Å².